The van der Waals surface area contributed by atoms with Crippen LogP contribution in [0.1, 0.15) is 11.1 Å². The number of aromatic nitrogens is 1. The van der Waals surface area contributed by atoms with E-state index in [0.29, 0.717) is 28.9 Å². The molecular weight excluding hydrogens is 267 g/mol. The minimum absolute atomic E-state index is 0.357. The lowest BCUT2D eigenvalue weighted by Crippen LogP contribution is -2.06. The Kier molecular flexibility index (Phi) is 2.92. The summed E-state index contributed by atoms with van der Waals surface area (Å²) in [5.74, 6) is 0.478. The number of hydrogen-bond acceptors (Lipinski definition) is 2. The van der Waals surface area contributed by atoms with Gasteiger partial charge in [0.2, 0.25) is 0 Å². The van der Waals surface area contributed by atoms with Crippen molar-refractivity contribution in [2.45, 2.75) is 18.7 Å². The third-order valence-electron chi connectivity index (χ3n) is 3.20. The maximum atomic E-state index is 13.0. The molecule has 0 saturated heterocycles. The van der Waals surface area contributed by atoms with Gasteiger partial charge in [-0.05, 0) is 30.7 Å². The number of hydrogen-bond donors (Lipinski definition) is 0. The summed E-state index contributed by atoms with van der Waals surface area (Å²) in [4.78, 5) is 3.94. The molecule has 0 spiro atoms. The van der Waals surface area contributed by atoms with Crippen molar-refractivity contribution < 1.29 is 17.9 Å². The van der Waals surface area contributed by atoms with Gasteiger partial charge in [0.25, 0.3) is 0 Å². The number of nitrogens with zero attached hydrogens (tertiary/aromatic N) is 1. The highest BCUT2D eigenvalue weighted by Crippen LogP contribution is 2.43. The average molecular weight is 278 g/mol. The van der Waals surface area contributed by atoms with E-state index in [2.05, 4.69) is 11.9 Å². The van der Waals surface area contributed by atoms with Gasteiger partial charge >= 0.3 is 6.18 Å². The molecule has 0 aliphatic carbocycles. The van der Waals surface area contributed by atoms with Crippen molar-refractivity contribution in [1.82, 2.24) is 4.98 Å². The maximum absolute atomic E-state index is 13.0. The molecule has 1 aromatic heterocycles. The summed E-state index contributed by atoms with van der Waals surface area (Å²) in [6, 6.07) is 5.63. The summed E-state index contributed by atoms with van der Waals surface area (Å²) in [6.45, 7) is 3.76. The Morgan fingerprint density at radius 2 is 2.10 bits per heavy atom. The van der Waals surface area contributed by atoms with E-state index in [1.165, 1.54) is 6.20 Å². The zero-order valence-electron chi connectivity index (χ0n) is 10.4. The van der Waals surface area contributed by atoms with E-state index in [1.54, 1.807) is 18.3 Å². The van der Waals surface area contributed by atoms with Gasteiger partial charge in [-0.15, -0.1) is 0 Å². The highest BCUT2D eigenvalue weighted by atomic mass is 19.4. The van der Waals surface area contributed by atoms with Crippen molar-refractivity contribution >= 4 is 0 Å². The number of rotatable bonds is 1. The second-order valence-electron chi connectivity index (χ2n) is 4.70. The maximum Gasteiger partial charge on any atom is 0.416 e. The molecule has 1 aliphatic heterocycles. The minimum Gasteiger partial charge on any atom is -0.489 e. The molecule has 20 heavy (non-hydrogen) atoms. The van der Waals surface area contributed by atoms with Gasteiger partial charge in [-0.3, -0.25) is 4.98 Å². The number of halogens is 3. The summed E-state index contributed by atoms with van der Waals surface area (Å²) in [5, 5.41) is 0. The van der Waals surface area contributed by atoms with Crippen molar-refractivity contribution in [3.05, 3.63) is 54.7 Å². The van der Waals surface area contributed by atoms with Crippen LogP contribution in [0.4, 0.5) is 13.2 Å². The largest absolute Gasteiger partial charge is 0.489 e. The van der Waals surface area contributed by atoms with Crippen molar-refractivity contribution in [2.24, 2.45) is 0 Å². The van der Waals surface area contributed by atoms with Gasteiger partial charge in [-0.1, -0.05) is 6.07 Å². The third kappa shape index (κ3) is 2.24. The molecule has 2 nitrogen and oxygen atoms in total. The van der Waals surface area contributed by atoms with Crippen LogP contribution in [0.5, 0.6) is 5.75 Å². The lowest BCUT2D eigenvalue weighted by atomic mass is 9.98. The Labute approximate surface area is 114 Å². The molecule has 1 aromatic carbocycles. The SMILES string of the molecule is [CH2]C1Cc2cc(C(F)(F)F)cc(-c3cccnc3)c2O1. The van der Waals surface area contributed by atoms with Gasteiger partial charge in [-0.25, -0.2) is 0 Å². The predicted molar refractivity (Wildman–Crippen MR) is 68.2 cm³/mol. The fourth-order valence-corrected chi connectivity index (χ4v) is 2.33. The topological polar surface area (TPSA) is 22.1 Å². The van der Waals surface area contributed by atoms with Crippen molar-refractivity contribution in [3.63, 3.8) is 0 Å². The van der Waals surface area contributed by atoms with Crippen LogP contribution in [0.3, 0.4) is 0 Å². The zero-order valence-corrected chi connectivity index (χ0v) is 10.4. The quantitative estimate of drug-likeness (QED) is 0.789. The van der Waals surface area contributed by atoms with Gasteiger partial charge in [0.1, 0.15) is 11.9 Å². The van der Waals surface area contributed by atoms with Crippen LogP contribution in [-0.2, 0) is 12.6 Å². The number of alkyl halides is 3. The second-order valence-corrected chi connectivity index (χ2v) is 4.70. The first-order valence-electron chi connectivity index (χ1n) is 6.09. The van der Waals surface area contributed by atoms with Gasteiger partial charge in [0.15, 0.2) is 0 Å². The predicted octanol–water partition coefficient (Wildman–Crippen LogP) is 3.90. The Bertz CT molecular complexity index is 638. The standard InChI is InChI=1S/C15H11F3NO/c1-9-5-11-6-12(15(16,17)18)7-13(14(11)20-9)10-3-2-4-19-8-10/h2-4,6-9H,1,5H2. The van der Waals surface area contributed by atoms with Gasteiger partial charge in [0, 0.05) is 29.9 Å². The van der Waals surface area contributed by atoms with Gasteiger partial charge in [0.05, 0.1) is 5.56 Å². The van der Waals surface area contributed by atoms with Crippen molar-refractivity contribution in [3.8, 4) is 16.9 Å². The molecule has 103 valence electrons. The van der Waals surface area contributed by atoms with Crippen LogP contribution >= 0.6 is 0 Å². The smallest absolute Gasteiger partial charge is 0.416 e. The average Bonchev–Trinajstić information content (AvgIpc) is 2.77. The fourth-order valence-electron chi connectivity index (χ4n) is 2.33. The first-order valence-corrected chi connectivity index (χ1v) is 6.09. The van der Waals surface area contributed by atoms with E-state index in [-0.39, 0.29) is 6.10 Å². The summed E-state index contributed by atoms with van der Waals surface area (Å²) in [5.41, 5.74) is 0.879. The van der Waals surface area contributed by atoms with Crippen molar-refractivity contribution in [1.29, 1.82) is 0 Å². The molecule has 1 aliphatic rings. The van der Waals surface area contributed by atoms with Gasteiger partial charge < -0.3 is 4.74 Å². The Morgan fingerprint density at radius 1 is 1.30 bits per heavy atom. The number of benzene rings is 1. The second kappa shape index (κ2) is 4.51. The van der Waals surface area contributed by atoms with E-state index < -0.39 is 11.7 Å². The molecule has 5 heteroatoms. The fraction of sp³-hybridized carbons (Fsp3) is 0.200. The Balaban J connectivity index is 2.21. The summed E-state index contributed by atoms with van der Waals surface area (Å²) >= 11 is 0. The molecule has 1 atom stereocenters. The summed E-state index contributed by atoms with van der Waals surface area (Å²) < 4.78 is 44.5. The minimum atomic E-state index is -4.38. The van der Waals surface area contributed by atoms with Crippen LogP contribution in [0, 0.1) is 6.92 Å². The molecular formula is C15H11F3NO. The molecule has 0 N–H and O–H groups in total. The first-order chi connectivity index (χ1) is 9.45. The molecule has 0 fully saturated rings. The van der Waals surface area contributed by atoms with E-state index in [9.17, 15) is 13.2 Å². The number of ether oxygens (including phenoxy) is 1. The lowest BCUT2D eigenvalue weighted by Gasteiger charge is -2.13. The lowest BCUT2D eigenvalue weighted by molar-refractivity contribution is -0.137. The molecule has 2 aromatic rings. The molecule has 1 unspecified atom stereocenters. The van der Waals surface area contributed by atoms with Crippen LogP contribution < -0.4 is 4.74 Å². The van der Waals surface area contributed by atoms with E-state index in [0.717, 1.165) is 12.1 Å². The third-order valence-corrected chi connectivity index (χ3v) is 3.20. The Hall–Kier alpha value is -2.04. The molecule has 2 heterocycles. The van der Waals surface area contributed by atoms with Crippen LogP contribution in [0.15, 0.2) is 36.7 Å². The van der Waals surface area contributed by atoms with Crippen LogP contribution in [-0.4, -0.2) is 11.1 Å². The molecule has 0 saturated carbocycles. The van der Waals surface area contributed by atoms with Crippen molar-refractivity contribution in [2.75, 3.05) is 0 Å². The molecule has 0 bridgehead atoms. The first kappa shape index (κ1) is 13.0. The van der Waals surface area contributed by atoms with E-state index >= 15 is 0 Å². The molecule has 0 amide bonds. The highest BCUT2D eigenvalue weighted by molar-refractivity contribution is 5.73. The monoisotopic (exact) mass is 278 g/mol. The molecule has 1 radical (unpaired) electrons. The number of pyridine rings is 1. The molecule has 3 rings (SSSR count). The van der Waals surface area contributed by atoms with E-state index in [1.807, 2.05) is 0 Å². The summed E-state index contributed by atoms with van der Waals surface area (Å²) in [6.07, 6.45) is -1.26. The summed E-state index contributed by atoms with van der Waals surface area (Å²) in [7, 11) is 0. The normalized spacial score (nSPS) is 17.7. The van der Waals surface area contributed by atoms with Crippen LogP contribution in [0.25, 0.3) is 11.1 Å². The zero-order chi connectivity index (χ0) is 14.3. The van der Waals surface area contributed by atoms with Crippen LogP contribution in [0.2, 0.25) is 0 Å². The Morgan fingerprint density at radius 3 is 2.75 bits per heavy atom. The number of fused-ring (bicyclic) bond motifs is 1. The van der Waals surface area contributed by atoms with Gasteiger partial charge in [-0.2, -0.15) is 13.2 Å². The van der Waals surface area contributed by atoms with E-state index in [4.69, 9.17) is 4.74 Å². The highest BCUT2D eigenvalue weighted by Gasteiger charge is 2.34.